The standard InChI is InChI=1S/C21H18BrN5OS/c1-3-11-27-19(16-7-9-17(22)10-8-16)25-26-21(27)29-14(2)20(28)24-18-6-4-5-15(12-18)13-23/h3-10,12,14H,1,11H2,2H3,(H,24,28)/t14-/m0/s1. The first-order valence-corrected chi connectivity index (χ1v) is 10.5. The Balaban J connectivity index is 1.78. The highest BCUT2D eigenvalue weighted by Crippen LogP contribution is 2.28. The van der Waals surface area contributed by atoms with E-state index in [2.05, 4.69) is 44.1 Å². The van der Waals surface area contributed by atoms with Crippen molar-refractivity contribution in [1.82, 2.24) is 14.8 Å². The maximum Gasteiger partial charge on any atom is 0.237 e. The molecule has 0 spiro atoms. The number of nitriles is 1. The van der Waals surface area contributed by atoms with Crippen molar-refractivity contribution in [3.63, 3.8) is 0 Å². The van der Waals surface area contributed by atoms with Crippen molar-refractivity contribution >= 4 is 39.3 Å². The summed E-state index contributed by atoms with van der Waals surface area (Å²) in [6, 6.07) is 16.7. The Morgan fingerprint density at radius 3 is 2.79 bits per heavy atom. The predicted molar refractivity (Wildman–Crippen MR) is 118 cm³/mol. The SMILES string of the molecule is C=CCn1c(S[C@@H](C)C(=O)Nc2cccc(C#N)c2)nnc1-c1ccc(Br)cc1. The van der Waals surface area contributed by atoms with Crippen LogP contribution in [-0.2, 0) is 11.3 Å². The van der Waals surface area contributed by atoms with E-state index >= 15 is 0 Å². The molecule has 0 bridgehead atoms. The minimum atomic E-state index is -0.411. The number of halogens is 1. The van der Waals surface area contributed by atoms with Crippen LogP contribution in [0.3, 0.4) is 0 Å². The van der Waals surface area contributed by atoms with Crippen LogP contribution in [0.4, 0.5) is 5.69 Å². The van der Waals surface area contributed by atoms with Gasteiger partial charge in [-0.1, -0.05) is 52.0 Å². The van der Waals surface area contributed by atoms with Crippen LogP contribution in [0, 0.1) is 11.3 Å². The molecular formula is C21H18BrN5OS. The number of carbonyl (C=O) groups excluding carboxylic acids is 1. The number of aromatic nitrogens is 3. The zero-order valence-corrected chi connectivity index (χ0v) is 18.1. The molecule has 0 unspecified atom stereocenters. The van der Waals surface area contributed by atoms with Gasteiger partial charge in [0.2, 0.25) is 5.91 Å². The van der Waals surface area contributed by atoms with E-state index in [9.17, 15) is 4.79 Å². The minimum absolute atomic E-state index is 0.177. The van der Waals surface area contributed by atoms with Crippen molar-refractivity contribution < 1.29 is 4.79 Å². The Morgan fingerprint density at radius 2 is 2.10 bits per heavy atom. The number of carbonyl (C=O) groups is 1. The van der Waals surface area contributed by atoms with Crippen LogP contribution in [0.15, 0.2) is 70.8 Å². The van der Waals surface area contributed by atoms with E-state index in [1.165, 1.54) is 11.8 Å². The van der Waals surface area contributed by atoms with Crippen molar-refractivity contribution in [1.29, 1.82) is 5.26 Å². The second-order valence-electron chi connectivity index (χ2n) is 6.15. The Bertz CT molecular complexity index is 1070. The Morgan fingerprint density at radius 1 is 1.34 bits per heavy atom. The minimum Gasteiger partial charge on any atom is -0.325 e. The molecule has 0 aliphatic carbocycles. The molecular weight excluding hydrogens is 450 g/mol. The lowest BCUT2D eigenvalue weighted by atomic mass is 10.2. The highest BCUT2D eigenvalue weighted by Gasteiger charge is 2.20. The first-order valence-electron chi connectivity index (χ1n) is 8.79. The average Bonchev–Trinajstić information content (AvgIpc) is 3.11. The van der Waals surface area contributed by atoms with Crippen molar-refractivity contribution in [2.75, 3.05) is 5.32 Å². The molecule has 0 radical (unpaired) electrons. The largest absolute Gasteiger partial charge is 0.325 e. The van der Waals surface area contributed by atoms with Gasteiger partial charge in [0.25, 0.3) is 0 Å². The van der Waals surface area contributed by atoms with Crippen LogP contribution in [0.5, 0.6) is 0 Å². The maximum absolute atomic E-state index is 12.6. The molecule has 3 rings (SSSR count). The van der Waals surface area contributed by atoms with Crippen LogP contribution < -0.4 is 5.32 Å². The van der Waals surface area contributed by atoms with E-state index in [0.29, 0.717) is 28.8 Å². The molecule has 1 N–H and O–H groups in total. The highest BCUT2D eigenvalue weighted by atomic mass is 79.9. The molecule has 0 aliphatic heterocycles. The third-order valence-electron chi connectivity index (χ3n) is 4.04. The number of nitrogens with one attached hydrogen (secondary N) is 1. The Labute approximate surface area is 181 Å². The van der Waals surface area contributed by atoms with Crippen LogP contribution in [0.25, 0.3) is 11.4 Å². The lowest BCUT2D eigenvalue weighted by Crippen LogP contribution is -2.23. The Kier molecular flexibility index (Phi) is 6.86. The van der Waals surface area contributed by atoms with Gasteiger partial charge in [-0.15, -0.1) is 16.8 Å². The van der Waals surface area contributed by atoms with Crippen LogP contribution in [0.1, 0.15) is 12.5 Å². The smallest absolute Gasteiger partial charge is 0.237 e. The summed E-state index contributed by atoms with van der Waals surface area (Å²) in [6.07, 6.45) is 1.77. The molecule has 8 heteroatoms. The van der Waals surface area contributed by atoms with Gasteiger partial charge in [0, 0.05) is 22.3 Å². The normalized spacial score (nSPS) is 11.5. The van der Waals surface area contributed by atoms with Gasteiger partial charge in [-0.25, -0.2) is 0 Å². The van der Waals surface area contributed by atoms with Gasteiger partial charge in [-0.3, -0.25) is 9.36 Å². The molecule has 1 amide bonds. The van der Waals surface area contributed by atoms with E-state index < -0.39 is 5.25 Å². The van der Waals surface area contributed by atoms with Gasteiger partial charge >= 0.3 is 0 Å². The summed E-state index contributed by atoms with van der Waals surface area (Å²) in [4.78, 5) is 12.6. The fraction of sp³-hybridized carbons (Fsp3) is 0.143. The highest BCUT2D eigenvalue weighted by molar-refractivity contribution is 9.10. The summed E-state index contributed by atoms with van der Waals surface area (Å²) in [7, 11) is 0. The van der Waals surface area contributed by atoms with E-state index in [4.69, 9.17) is 5.26 Å². The number of hydrogen-bond acceptors (Lipinski definition) is 5. The predicted octanol–water partition coefficient (Wildman–Crippen LogP) is 4.88. The lowest BCUT2D eigenvalue weighted by Gasteiger charge is -2.13. The van der Waals surface area contributed by atoms with E-state index in [1.54, 1.807) is 37.3 Å². The number of hydrogen-bond donors (Lipinski definition) is 1. The molecule has 6 nitrogen and oxygen atoms in total. The average molecular weight is 468 g/mol. The number of allylic oxidation sites excluding steroid dienone is 1. The van der Waals surface area contributed by atoms with E-state index in [1.807, 2.05) is 28.8 Å². The van der Waals surface area contributed by atoms with Crippen molar-refractivity contribution in [2.45, 2.75) is 23.9 Å². The van der Waals surface area contributed by atoms with Gasteiger partial charge in [0.05, 0.1) is 16.9 Å². The molecule has 0 aliphatic rings. The third kappa shape index (κ3) is 5.13. The number of rotatable bonds is 7. The Hall–Kier alpha value is -2.89. The number of nitrogens with zero attached hydrogens (tertiary/aromatic N) is 4. The lowest BCUT2D eigenvalue weighted by molar-refractivity contribution is -0.115. The molecule has 0 fully saturated rings. The number of thioether (sulfide) groups is 1. The summed E-state index contributed by atoms with van der Waals surface area (Å²) in [6.45, 7) is 6.15. The van der Waals surface area contributed by atoms with E-state index in [0.717, 1.165) is 10.0 Å². The topological polar surface area (TPSA) is 83.6 Å². The molecule has 29 heavy (non-hydrogen) atoms. The number of benzene rings is 2. The first kappa shape index (κ1) is 20.8. The quantitative estimate of drug-likeness (QED) is 0.395. The van der Waals surface area contributed by atoms with Crippen LogP contribution in [0.2, 0.25) is 0 Å². The van der Waals surface area contributed by atoms with Crippen LogP contribution >= 0.6 is 27.7 Å². The van der Waals surface area contributed by atoms with E-state index in [-0.39, 0.29) is 5.91 Å². The summed E-state index contributed by atoms with van der Waals surface area (Å²) < 4.78 is 2.91. The van der Waals surface area contributed by atoms with Crippen molar-refractivity contribution in [3.8, 4) is 17.5 Å². The number of anilines is 1. The molecule has 0 saturated carbocycles. The molecule has 1 aromatic heterocycles. The summed E-state index contributed by atoms with van der Waals surface area (Å²) in [5.74, 6) is 0.540. The summed E-state index contributed by atoms with van der Waals surface area (Å²) >= 11 is 4.75. The zero-order chi connectivity index (χ0) is 20.8. The molecule has 3 aromatic rings. The molecule has 146 valence electrons. The molecule has 1 atom stereocenters. The van der Waals surface area contributed by atoms with Gasteiger partial charge in [0.15, 0.2) is 11.0 Å². The maximum atomic E-state index is 12.6. The van der Waals surface area contributed by atoms with Crippen LogP contribution in [-0.4, -0.2) is 25.9 Å². The fourth-order valence-electron chi connectivity index (χ4n) is 2.60. The summed E-state index contributed by atoms with van der Waals surface area (Å²) in [5, 5.41) is 20.7. The zero-order valence-electron chi connectivity index (χ0n) is 15.7. The first-order chi connectivity index (χ1) is 14.0. The van der Waals surface area contributed by atoms with Crippen molar-refractivity contribution in [3.05, 3.63) is 71.2 Å². The van der Waals surface area contributed by atoms with Gasteiger partial charge < -0.3 is 5.32 Å². The fourth-order valence-corrected chi connectivity index (χ4v) is 3.73. The monoisotopic (exact) mass is 467 g/mol. The second-order valence-corrected chi connectivity index (χ2v) is 8.38. The molecule has 0 saturated heterocycles. The second kappa shape index (κ2) is 9.54. The van der Waals surface area contributed by atoms with Gasteiger partial charge in [0.1, 0.15) is 0 Å². The molecule has 2 aromatic carbocycles. The number of amides is 1. The van der Waals surface area contributed by atoms with Gasteiger partial charge in [-0.05, 0) is 37.3 Å². The third-order valence-corrected chi connectivity index (χ3v) is 5.65. The van der Waals surface area contributed by atoms with Crippen molar-refractivity contribution in [2.24, 2.45) is 0 Å². The molecule has 1 heterocycles. The van der Waals surface area contributed by atoms with Gasteiger partial charge in [-0.2, -0.15) is 5.26 Å². The summed E-state index contributed by atoms with van der Waals surface area (Å²) in [5.41, 5.74) is 2.01.